The molecule has 0 aromatic heterocycles. The Hall–Kier alpha value is -1.26. The molecule has 2 aliphatic heterocycles. The van der Waals surface area contributed by atoms with Crippen LogP contribution >= 0.6 is 0 Å². The van der Waals surface area contributed by atoms with Crippen molar-refractivity contribution in [1.29, 1.82) is 0 Å². The number of methoxy groups -OCH3 is 1. The zero-order chi connectivity index (χ0) is 14.9. The normalized spacial score (nSPS) is 29.8. The van der Waals surface area contributed by atoms with Gasteiger partial charge in [-0.25, -0.2) is 0 Å². The van der Waals surface area contributed by atoms with Crippen molar-refractivity contribution in [2.75, 3.05) is 33.8 Å². The van der Waals surface area contributed by atoms with E-state index in [1.807, 2.05) is 6.07 Å². The number of benzene rings is 1. The number of hydrogen-bond acceptors (Lipinski definition) is 4. The van der Waals surface area contributed by atoms with Crippen molar-refractivity contribution in [3.63, 3.8) is 0 Å². The Kier molecular flexibility index (Phi) is 4.09. The second kappa shape index (κ2) is 5.85. The van der Waals surface area contributed by atoms with Crippen molar-refractivity contribution < 1.29 is 9.47 Å². The lowest BCUT2D eigenvalue weighted by Crippen LogP contribution is -2.33. The number of nitrogens with one attached hydrogen (secondary N) is 1. The third kappa shape index (κ3) is 3.01. The van der Waals surface area contributed by atoms with Crippen molar-refractivity contribution >= 4 is 0 Å². The zero-order valence-electron chi connectivity index (χ0n) is 13.3. The molecule has 4 heteroatoms. The first-order chi connectivity index (χ1) is 10.1. The summed E-state index contributed by atoms with van der Waals surface area (Å²) < 4.78 is 11.7. The van der Waals surface area contributed by atoms with Crippen LogP contribution in [0.25, 0.3) is 0 Å². The molecule has 1 aromatic carbocycles. The van der Waals surface area contributed by atoms with E-state index in [-0.39, 0.29) is 11.6 Å². The molecule has 116 valence electrons. The van der Waals surface area contributed by atoms with E-state index >= 15 is 0 Å². The lowest BCUT2D eigenvalue weighted by molar-refractivity contribution is 0.199. The quantitative estimate of drug-likeness (QED) is 0.923. The number of rotatable bonds is 4. The first kappa shape index (κ1) is 14.7. The maximum atomic E-state index is 6.22. The highest BCUT2D eigenvalue weighted by Crippen LogP contribution is 2.37. The summed E-state index contributed by atoms with van der Waals surface area (Å²) in [5.41, 5.74) is 1.36. The van der Waals surface area contributed by atoms with E-state index in [1.165, 1.54) is 18.4 Å². The van der Waals surface area contributed by atoms with Crippen molar-refractivity contribution in [3.05, 3.63) is 23.8 Å². The molecule has 0 spiro atoms. The topological polar surface area (TPSA) is 33.7 Å². The highest BCUT2D eigenvalue weighted by molar-refractivity contribution is 5.45. The predicted octanol–water partition coefficient (Wildman–Crippen LogP) is 2.38. The van der Waals surface area contributed by atoms with Gasteiger partial charge in [-0.15, -0.1) is 0 Å². The van der Waals surface area contributed by atoms with Gasteiger partial charge in [-0.2, -0.15) is 0 Å². The maximum Gasteiger partial charge on any atom is 0.161 e. The van der Waals surface area contributed by atoms with Crippen LogP contribution in [0.15, 0.2) is 18.2 Å². The molecule has 3 rings (SSSR count). The molecule has 0 saturated carbocycles. The van der Waals surface area contributed by atoms with Gasteiger partial charge in [-0.05, 0) is 57.5 Å². The van der Waals surface area contributed by atoms with Crippen LogP contribution in [0.3, 0.4) is 0 Å². The van der Waals surface area contributed by atoms with Crippen LogP contribution in [0.4, 0.5) is 0 Å². The summed E-state index contributed by atoms with van der Waals surface area (Å²) >= 11 is 0. The smallest absolute Gasteiger partial charge is 0.161 e. The van der Waals surface area contributed by atoms with Crippen molar-refractivity contribution in [3.8, 4) is 11.5 Å². The van der Waals surface area contributed by atoms with Crippen LogP contribution in [0.2, 0.25) is 0 Å². The minimum Gasteiger partial charge on any atom is -0.493 e. The van der Waals surface area contributed by atoms with Crippen LogP contribution in [-0.2, 0) is 5.54 Å². The summed E-state index contributed by atoms with van der Waals surface area (Å²) in [4.78, 5) is 2.31. The largest absolute Gasteiger partial charge is 0.493 e. The average molecular weight is 290 g/mol. The molecule has 0 bridgehead atoms. The number of likely N-dealkylation sites (N-methyl/N-ethyl adjacent to an activating group) is 1. The van der Waals surface area contributed by atoms with Crippen LogP contribution < -0.4 is 14.8 Å². The summed E-state index contributed by atoms with van der Waals surface area (Å²) in [6.45, 7) is 5.45. The molecule has 4 nitrogen and oxygen atoms in total. The van der Waals surface area contributed by atoms with Gasteiger partial charge in [0.15, 0.2) is 11.5 Å². The lowest BCUT2D eigenvalue weighted by Gasteiger charge is -2.26. The van der Waals surface area contributed by atoms with Gasteiger partial charge < -0.3 is 19.7 Å². The third-order valence-corrected chi connectivity index (χ3v) is 4.81. The van der Waals surface area contributed by atoms with Crippen LogP contribution in [0.5, 0.6) is 11.5 Å². The van der Waals surface area contributed by atoms with Gasteiger partial charge in [0.25, 0.3) is 0 Å². The van der Waals surface area contributed by atoms with E-state index in [4.69, 9.17) is 9.47 Å². The lowest BCUT2D eigenvalue weighted by atomic mass is 9.90. The Morgan fingerprint density at radius 3 is 2.81 bits per heavy atom. The molecule has 0 amide bonds. The second-order valence-corrected chi connectivity index (χ2v) is 6.52. The first-order valence-corrected chi connectivity index (χ1v) is 7.89. The summed E-state index contributed by atoms with van der Waals surface area (Å²) in [6, 6.07) is 6.36. The molecule has 2 unspecified atom stereocenters. The SMILES string of the molecule is COc1ccc(C2(C)CCCN2)cc1OC1CCN(C)C1. The minimum absolute atomic E-state index is 0.0663. The Labute approximate surface area is 127 Å². The molecule has 2 fully saturated rings. The standard InChI is InChI=1S/C17H26N2O2/c1-17(8-4-9-18-17)13-5-6-15(20-3)16(11-13)21-14-7-10-19(2)12-14/h5-6,11,14,18H,4,7-10,12H2,1-3H3. The fraction of sp³-hybridized carbons (Fsp3) is 0.647. The number of likely N-dealkylation sites (tertiary alicyclic amines) is 1. The van der Waals surface area contributed by atoms with Crippen molar-refractivity contribution in [2.45, 2.75) is 37.8 Å². The van der Waals surface area contributed by atoms with Gasteiger partial charge in [-0.3, -0.25) is 0 Å². The highest BCUT2D eigenvalue weighted by Gasteiger charge is 2.31. The summed E-state index contributed by atoms with van der Waals surface area (Å²) in [5.74, 6) is 1.71. The number of ether oxygens (including phenoxy) is 2. The van der Waals surface area contributed by atoms with Crippen LogP contribution in [0.1, 0.15) is 31.7 Å². The van der Waals surface area contributed by atoms with E-state index < -0.39 is 0 Å². The Morgan fingerprint density at radius 2 is 2.19 bits per heavy atom. The van der Waals surface area contributed by atoms with E-state index in [0.717, 1.165) is 37.6 Å². The van der Waals surface area contributed by atoms with Gasteiger partial charge in [0, 0.05) is 18.6 Å². The van der Waals surface area contributed by atoms with Crippen molar-refractivity contribution in [1.82, 2.24) is 10.2 Å². The maximum absolute atomic E-state index is 6.22. The molecule has 2 atom stereocenters. The van der Waals surface area contributed by atoms with Gasteiger partial charge >= 0.3 is 0 Å². The molecule has 2 heterocycles. The number of nitrogens with zero attached hydrogens (tertiary/aromatic N) is 1. The summed E-state index contributed by atoms with van der Waals surface area (Å²) in [6.07, 6.45) is 3.75. The number of hydrogen-bond donors (Lipinski definition) is 1. The molecule has 2 saturated heterocycles. The molecule has 0 radical (unpaired) electrons. The molecule has 21 heavy (non-hydrogen) atoms. The predicted molar refractivity (Wildman–Crippen MR) is 84.1 cm³/mol. The molecule has 0 aliphatic carbocycles. The molecular formula is C17H26N2O2. The summed E-state index contributed by atoms with van der Waals surface area (Å²) in [7, 11) is 3.85. The van der Waals surface area contributed by atoms with E-state index in [2.05, 4.69) is 36.3 Å². The molecule has 1 N–H and O–H groups in total. The highest BCUT2D eigenvalue weighted by atomic mass is 16.5. The third-order valence-electron chi connectivity index (χ3n) is 4.81. The fourth-order valence-electron chi connectivity index (χ4n) is 3.42. The van der Waals surface area contributed by atoms with Gasteiger partial charge in [0.2, 0.25) is 0 Å². The molecular weight excluding hydrogens is 264 g/mol. The molecule has 1 aromatic rings. The Balaban J connectivity index is 1.83. The summed E-state index contributed by atoms with van der Waals surface area (Å²) in [5, 5.41) is 3.61. The van der Waals surface area contributed by atoms with Gasteiger partial charge in [0.05, 0.1) is 7.11 Å². The Morgan fingerprint density at radius 1 is 1.33 bits per heavy atom. The first-order valence-electron chi connectivity index (χ1n) is 7.89. The Bertz CT molecular complexity index is 498. The van der Waals surface area contributed by atoms with Crippen molar-refractivity contribution in [2.24, 2.45) is 0 Å². The van der Waals surface area contributed by atoms with E-state index in [0.29, 0.717) is 0 Å². The van der Waals surface area contributed by atoms with Gasteiger partial charge in [0.1, 0.15) is 6.10 Å². The minimum atomic E-state index is 0.0663. The monoisotopic (exact) mass is 290 g/mol. The zero-order valence-corrected chi connectivity index (χ0v) is 13.3. The fourth-order valence-corrected chi connectivity index (χ4v) is 3.42. The van der Waals surface area contributed by atoms with Crippen LogP contribution in [0, 0.1) is 0 Å². The van der Waals surface area contributed by atoms with E-state index in [9.17, 15) is 0 Å². The van der Waals surface area contributed by atoms with Crippen LogP contribution in [-0.4, -0.2) is 44.8 Å². The average Bonchev–Trinajstić information content (AvgIpc) is 3.09. The second-order valence-electron chi connectivity index (χ2n) is 6.52. The molecule has 2 aliphatic rings. The van der Waals surface area contributed by atoms with Gasteiger partial charge in [-0.1, -0.05) is 6.07 Å². The van der Waals surface area contributed by atoms with E-state index in [1.54, 1.807) is 7.11 Å².